The molecule has 1 aliphatic rings. The maximum absolute atomic E-state index is 11.6. The first-order valence-electron chi connectivity index (χ1n) is 5.23. The van der Waals surface area contributed by atoms with Crippen molar-refractivity contribution < 1.29 is 4.79 Å². The third-order valence-electron chi connectivity index (χ3n) is 2.83. The molecule has 0 saturated carbocycles. The summed E-state index contributed by atoms with van der Waals surface area (Å²) in [6.07, 6.45) is 0.469. The Morgan fingerprint density at radius 1 is 1.56 bits per heavy atom. The van der Waals surface area contributed by atoms with Crippen molar-refractivity contribution in [3.8, 4) is 0 Å². The SMILES string of the molecule is Cc1cc(Br)ccc1CN1CC(Cl)CC1=O. The first-order valence-corrected chi connectivity index (χ1v) is 6.46. The molecular weight excluding hydrogens is 289 g/mol. The quantitative estimate of drug-likeness (QED) is 0.769. The number of likely N-dealkylation sites (tertiary alicyclic amines) is 1. The number of carbonyl (C=O) groups excluding carboxylic acids is 1. The van der Waals surface area contributed by atoms with Crippen LogP contribution in [0.2, 0.25) is 0 Å². The Labute approximate surface area is 109 Å². The van der Waals surface area contributed by atoms with E-state index in [0.717, 1.165) is 4.47 Å². The number of nitrogens with zero attached hydrogens (tertiary/aromatic N) is 1. The smallest absolute Gasteiger partial charge is 0.224 e. The first kappa shape index (κ1) is 11.9. The summed E-state index contributed by atoms with van der Waals surface area (Å²) in [6, 6.07) is 6.11. The molecule has 4 heteroatoms. The van der Waals surface area contributed by atoms with Gasteiger partial charge >= 0.3 is 0 Å². The van der Waals surface area contributed by atoms with Gasteiger partial charge in [0, 0.05) is 24.0 Å². The zero-order valence-corrected chi connectivity index (χ0v) is 11.4. The highest BCUT2D eigenvalue weighted by Crippen LogP contribution is 2.22. The molecule has 0 aromatic heterocycles. The van der Waals surface area contributed by atoms with Crippen LogP contribution in [0.1, 0.15) is 17.5 Å². The van der Waals surface area contributed by atoms with Crippen molar-refractivity contribution in [2.75, 3.05) is 6.54 Å². The van der Waals surface area contributed by atoms with Crippen molar-refractivity contribution in [2.45, 2.75) is 25.3 Å². The number of alkyl halides is 1. The van der Waals surface area contributed by atoms with Gasteiger partial charge < -0.3 is 4.90 Å². The predicted octanol–water partition coefficient (Wildman–Crippen LogP) is 3.10. The van der Waals surface area contributed by atoms with Crippen molar-refractivity contribution in [2.24, 2.45) is 0 Å². The average molecular weight is 303 g/mol. The average Bonchev–Trinajstić information content (AvgIpc) is 2.50. The number of halogens is 2. The summed E-state index contributed by atoms with van der Waals surface area (Å²) in [5, 5.41) is -0.0248. The zero-order valence-electron chi connectivity index (χ0n) is 9.04. The van der Waals surface area contributed by atoms with Crippen LogP contribution in [0.5, 0.6) is 0 Å². The van der Waals surface area contributed by atoms with Gasteiger partial charge in [-0.2, -0.15) is 0 Å². The molecular formula is C12H13BrClNO. The molecule has 2 rings (SSSR count). The van der Waals surface area contributed by atoms with E-state index in [4.69, 9.17) is 11.6 Å². The van der Waals surface area contributed by atoms with Gasteiger partial charge in [-0.3, -0.25) is 4.79 Å². The maximum atomic E-state index is 11.6. The fourth-order valence-electron chi connectivity index (χ4n) is 1.92. The van der Waals surface area contributed by atoms with Crippen LogP contribution < -0.4 is 0 Å². The standard InChI is InChI=1S/C12H13BrClNO/c1-8-4-10(13)3-2-9(8)6-15-7-11(14)5-12(15)16/h2-4,11H,5-7H2,1H3. The molecule has 0 N–H and O–H groups in total. The lowest BCUT2D eigenvalue weighted by atomic mass is 10.1. The minimum absolute atomic E-state index is 0.0248. The summed E-state index contributed by atoms with van der Waals surface area (Å²) < 4.78 is 1.07. The van der Waals surface area contributed by atoms with Gasteiger partial charge in [0.05, 0.1) is 5.38 Å². The number of hydrogen-bond donors (Lipinski definition) is 0. The number of aryl methyl sites for hydroxylation is 1. The molecule has 1 amide bonds. The highest BCUT2D eigenvalue weighted by atomic mass is 79.9. The number of hydrogen-bond acceptors (Lipinski definition) is 1. The molecule has 0 spiro atoms. The summed E-state index contributed by atoms with van der Waals surface area (Å²) in [5.41, 5.74) is 2.38. The fraction of sp³-hybridized carbons (Fsp3) is 0.417. The lowest BCUT2D eigenvalue weighted by Gasteiger charge is -2.17. The Morgan fingerprint density at radius 3 is 2.88 bits per heavy atom. The van der Waals surface area contributed by atoms with E-state index >= 15 is 0 Å². The molecule has 1 aliphatic heterocycles. The maximum Gasteiger partial charge on any atom is 0.224 e. The highest BCUT2D eigenvalue weighted by Gasteiger charge is 2.27. The summed E-state index contributed by atoms with van der Waals surface area (Å²) >= 11 is 9.39. The van der Waals surface area contributed by atoms with E-state index in [2.05, 4.69) is 28.9 Å². The number of carbonyl (C=O) groups is 1. The lowest BCUT2D eigenvalue weighted by molar-refractivity contribution is -0.128. The van der Waals surface area contributed by atoms with Gasteiger partial charge in [0.1, 0.15) is 0 Å². The molecule has 16 heavy (non-hydrogen) atoms. The molecule has 1 heterocycles. The number of rotatable bonds is 2. The van der Waals surface area contributed by atoms with Crippen LogP contribution in [0, 0.1) is 6.92 Å². The molecule has 2 nitrogen and oxygen atoms in total. The summed E-state index contributed by atoms with van der Waals surface area (Å²) in [5.74, 6) is 0.155. The highest BCUT2D eigenvalue weighted by molar-refractivity contribution is 9.10. The van der Waals surface area contributed by atoms with E-state index < -0.39 is 0 Å². The topological polar surface area (TPSA) is 20.3 Å². The van der Waals surface area contributed by atoms with Gasteiger partial charge in [-0.05, 0) is 30.2 Å². The van der Waals surface area contributed by atoms with Gasteiger partial charge in [0.2, 0.25) is 5.91 Å². The van der Waals surface area contributed by atoms with Gasteiger partial charge in [-0.15, -0.1) is 11.6 Å². The van der Waals surface area contributed by atoms with Crippen LogP contribution >= 0.6 is 27.5 Å². The molecule has 0 bridgehead atoms. The summed E-state index contributed by atoms with van der Waals surface area (Å²) in [7, 11) is 0. The van der Waals surface area contributed by atoms with E-state index in [1.54, 1.807) is 0 Å². The molecule has 1 saturated heterocycles. The number of amides is 1. The van der Waals surface area contributed by atoms with Gasteiger partial charge in [-0.25, -0.2) is 0 Å². The molecule has 1 atom stereocenters. The van der Waals surface area contributed by atoms with Crippen molar-refractivity contribution in [3.63, 3.8) is 0 Å². The van der Waals surface area contributed by atoms with E-state index in [1.165, 1.54) is 11.1 Å². The monoisotopic (exact) mass is 301 g/mol. The summed E-state index contributed by atoms with van der Waals surface area (Å²) in [4.78, 5) is 13.4. The second-order valence-corrected chi connectivity index (χ2v) is 5.68. The Balaban J connectivity index is 2.12. The largest absolute Gasteiger partial charge is 0.337 e. The van der Waals surface area contributed by atoms with E-state index in [-0.39, 0.29) is 11.3 Å². The van der Waals surface area contributed by atoms with Crippen molar-refractivity contribution in [1.29, 1.82) is 0 Å². The van der Waals surface area contributed by atoms with Crippen LogP contribution in [-0.4, -0.2) is 22.7 Å². The molecule has 1 aromatic rings. The Hall–Kier alpha value is -0.540. The van der Waals surface area contributed by atoms with E-state index in [9.17, 15) is 4.79 Å². The van der Waals surface area contributed by atoms with Crippen molar-refractivity contribution in [1.82, 2.24) is 4.90 Å². The lowest BCUT2D eigenvalue weighted by Crippen LogP contribution is -2.25. The van der Waals surface area contributed by atoms with Crippen molar-refractivity contribution >= 4 is 33.4 Å². The summed E-state index contributed by atoms with van der Waals surface area (Å²) in [6.45, 7) is 3.38. The van der Waals surface area contributed by atoms with Gasteiger partial charge in [0.15, 0.2) is 0 Å². The minimum Gasteiger partial charge on any atom is -0.337 e. The van der Waals surface area contributed by atoms with Crippen LogP contribution in [0.4, 0.5) is 0 Å². The molecule has 1 unspecified atom stereocenters. The minimum atomic E-state index is -0.0248. The van der Waals surface area contributed by atoms with Crippen molar-refractivity contribution in [3.05, 3.63) is 33.8 Å². The Morgan fingerprint density at radius 2 is 2.31 bits per heavy atom. The first-order chi connectivity index (χ1) is 7.56. The van der Waals surface area contributed by atoms with Gasteiger partial charge in [-0.1, -0.05) is 22.0 Å². The van der Waals surface area contributed by atoms with E-state index in [1.807, 2.05) is 17.0 Å². The zero-order chi connectivity index (χ0) is 11.7. The van der Waals surface area contributed by atoms with Crippen LogP contribution in [0.3, 0.4) is 0 Å². The molecule has 0 radical (unpaired) electrons. The number of benzene rings is 1. The molecule has 1 fully saturated rings. The van der Waals surface area contributed by atoms with E-state index in [0.29, 0.717) is 19.5 Å². The fourth-order valence-corrected chi connectivity index (χ4v) is 2.69. The molecule has 1 aromatic carbocycles. The van der Waals surface area contributed by atoms with Crippen LogP contribution in [-0.2, 0) is 11.3 Å². The second-order valence-electron chi connectivity index (χ2n) is 4.15. The predicted molar refractivity (Wildman–Crippen MR) is 68.6 cm³/mol. The third-order valence-corrected chi connectivity index (χ3v) is 3.62. The van der Waals surface area contributed by atoms with Crippen LogP contribution in [0.15, 0.2) is 22.7 Å². The normalized spacial score (nSPS) is 20.6. The van der Waals surface area contributed by atoms with Crippen LogP contribution in [0.25, 0.3) is 0 Å². The second kappa shape index (κ2) is 4.76. The third kappa shape index (κ3) is 2.58. The van der Waals surface area contributed by atoms with Gasteiger partial charge in [0.25, 0.3) is 0 Å². The Kier molecular flexibility index (Phi) is 3.55. The Bertz CT molecular complexity index is 421. The molecule has 0 aliphatic carbocycles. The molecule has 86 valence electrons.